The van der Waals surface area contributed by atoms with Crippen LogP contribution in [0.25, 0.3) is 0 Å². The standard InChI is InChI=1S/C8H2ClFINO/c9-8(13)7-4(3-12)6(11)2-1-5(7)10/h1-2H. The minimum atomic E-state index is -0.951. The first kappa shape index (κ1) is 10.4. The Hall–Kier alpha value is -0.670. The van der Waals surface area contributed by atoms with Crippen LogP contribution in [0.15, 0.2) is 12.1 Å². The van der Waals surface area contributed by atoms with Crippen LogP contribution in [0.2, 0.25) is 0 Å². The molecule has 0 fully saturated rings. The van der Waals surface area contributed by atoms with Crippen LogP contribution >= 0.6 is 34.2 Å². The van der Waals surface area contributed by atoms with Crippen molar-refractivity contribution in [1.82, 2.24) is 0 Å². The van der Waals surface area contributed by atoms with Crippen molar-refractivity contribution in [2.24, 2.45) is 0 Å². The van der Waals surface area contributed by atoms with Gasteiger partial charge in [-0.25, -0.2) is 4.39 Å². The highest BCUT2D eigenvalue weighted by molar-refractivity contribution is 14.1. The van der Waals surface area contributed by atoms with Gasteiger partial charge < -0.3 is 0 Å². The molecule has 0 N–H and O–H groups in total. The van der Waals surface area contributed by atoms with Gasteiger partial charge in [0, 0.05) is 3.57 Å². The highest BCUT2D eigenvalue weighted by Gasteiger charge is 2.17. The van der Waals surface area contributed by atoms with Gasteiger partial charge >= 0.3 is 0 Å². The molecule has 5 heteroatoms. The summed E-state index contributed by atoms with van der Waals surface area (Å²) in [6, 6.07) is 4.26. The van der Waals surface area contributed by atoms with Gasteiger partial charge in [0.2, 0.25) is 0 Å². The second-order valence-electron chi connectivity index (χ2n) is 2.16. The minimum absolute atomic E-state index is 0.0133. The molecule has 1 rings (SSSR count). The molecule has 66 valence electrons. The lowest BCUT2D eigenvalue weighted by Gasteiger charge is -2.01. The quantitative estimate of drug-likeness (QED) is 0.591. The molecule has 0 saturated carbocycles. The van der Waals surface area contributed by atoms with Gasteiger partial charge in [0.1, 0.15) is 11.9 Å². The first-order valence-electron chi connectivity index (χ1n) is 3.16. The summed E-state index contributed by atoms with van der Waals surface area (Å²) in [7, 11) is 0. The van der Waals surface area contributed by atoms with Gasteiger partial charge in [-0.3, -0.25) is 4.79 Å². The van der Waals surface area contributed by atoms with Crippen LogP contribution in [-0.4, -0.2) is 5.24 Å². The Balaban J connectivity index is 3.55. The van der Waals surface area contributed by atoms with Crippen LogP contribution in [0.4, 0.5) is 4.39 Å². The van der Waals surface area contributed by atoms with E-state index in [1.165, 1.54) is 6.07 Å². The molecule has 0 amide bonds. The normalized spacial score (nSPS) is 9.38. The third kappa shape index (κ3) is 1.98. The van der Waals surface area contributed by atoms with Crippen molar-refractivity contribution in [3.8, 4) is 6.07 Å². The molecule has 0 atom stereocenters. The van der Waals surface area contributed by atoms with E-state index >= 15 is 0 Å². The van der Waals surface area contributed by atoms with Crippen LogP contribution in [0.3, 0.4) is 0 Å². The van der Waals surface area contributed by atoms with Gasteiger partial charge in [-0.1, -0.05) is 0 Å². The Bertz CT molecular complexity index is 413. The third-order valence-electron chi connectivity index (χ3n) is 1.41. The van der Waals surface area contributed by atoms with Crippen LogP contribution in [0, 0.1) is 20.7 Å². The van der Waals surface area contributed by atoms with Crippen molar-refractivity contribution in [2.75, 3.05) is 0 Å². The van der Waals surface area contributed by atoms with Gasteiger partial charge in [-0.05, 0) is 46.3 Å². The lowest BCUT2D eigenvalue weighted by atomic mass is 10.1. The molecule has 1 aromatic carbocycles. The fourth-order valence-corrected chi connectivity index (χ4v) is 1.61. The summed E-state index contributed by atoms with van der Waals surface area (Å²) >= 11 is 6.97. The zero-order valence-electron chi connectivity index (χ0n) is 6.14. The van der Waals surface area contributed by atoms with Crippen molar-refractivity contribution in [1.29, 1.82) is 5.26 Å². The van der Waals surface area contributed by atoms with E-state index in [1.54, 1.807) is 6.07 Å². The topological polar surface area (TPSA) is 40.9 Å². The lowest BCUT2D eigenvalue weighted by Crippen LogP contribution is -2.01. The molecule has 0 unspecified atom stereocenters. The molecule has 0 bridgehead atoms. The Labute approximate surface area is 92.4 Å². The average molecular weight is 309 g/mol. The Morgan fingerprint density at radius 1 is 1.62 bits per heavy atom. The van der Waals surface area contributed by atoms with E-state index < -0.39 is 11.1 Å². The van der Waals surface area contributed by atoms with Crippen LogP contribution in [0.5, 0.6) is 0 Å². The summed E-state index contributed by atoms with van der Waals surface area (Å²) in [6.07, 6.45) is 0. The molecule has 0 aromatic heterocycles. The molecule has 0 radical (unpaired) electrons. The Kier molecular flexibility index (Phi) is 3.22. The zero-order chi connectivity index (χ0) is 10.0. The summed E-state index contributed by atoms with van der Waals surface area (Å²) in [5.74, 6) is -0.767. The predicted molar refractivity (Wildman–Crippen MR) is 54.0 cm³/mol. The van der Waals surface area contributed by atoms with E-state index in [-0.39, 0.29) is 11.1 Å². The smallest absolute Gasteiger partial charge is 0.256 e. The molecule has 0 aliphatic carbocycles. The number of hydrogen-bond donors (Lipinski definition) is 0. The molecule has 0 aliphatic heterocycles. The largest absolute Gasteiger partial charge is 0.275 e. The number of hydrogen-bond acceptors (Lipinski definition) is 2. The van der Waals surface area contributed by atoms with E-state index in [2.05, 4.69) is 0 Å². The number of nitrogens with zero attached hydrogens (tertiary/aromatic N) is 1. The maximum Gasteiger partial charge on any atom is 0.256 e. The summed E-state index contributed by atoms with van der Waals surface area (Å²) < 4.78 is 13.5. The Morgan fingerprint density at radius 3 is 2.62 bits per heavy atom. The van der Waals surface area contributed by atoms with E-state index in [0.717, 1.165) is 6.07 Å². The monoisotopic (exact) mass is 309 g/mol. The van der Waals surface area contributed by atoms with Gasteiger partial charge in [0.25, 0.3) is 5.24 Å². The summed E-state index contributed by atoms with van der Waals surface area (Å²) in [6.45, 7) is 0. The first-order chi connectivity index (χ1) is 6.07. The van der Waals surface area contributed by atoms with Crippen LogP contribution < -0.4 is 0 Å². The number of carbonyl (C=O) groups excluding carboxylic acids is 1. The van der Waals surface area contributed by atoms with E-state index in [4.69, 9.17) is 16.9 Å². The lowest BCUT2D eigenvalue weighted by molar-refractivity contribution is 0.107. The summed E-state index contributed by atoms with van der Waals surface area (Å²) in [5, 5.41) is 7.69. The molecule has 2 nitrogen and oxygen atoms in total. The van der Waals surface area contributed by atoms with Gasteiger partial charge in [-0.2, -0.15) is 5.26 Å². The molecule has 0 spiro atoms. The summed E-state index contributed by atoms with van der Waals surface area (Å²) in [5.41, 5.74) is -0.364. The second kappa shape index (κ2) is 4.03. The number of benzene rings is 1. The molecular formula is C8H2ClFINO. The van der Waals surface area contributed by atoms with Crippen molar-refractivity contribution in [3.05, 3.63) is 32.6 Å². The van der Waals surface area contributed by atoms with E-state index in [9.17, 15) is 9.18 Å². The minimum Gasteiger partial charge on any atom is -0.275 e. The number of nitriles is 1. The molecule has 1 aromatic rings. The third-order valence-corrected chi connectivity index (χ3v) is 2.50. The van der Waals surface area contributed by atoms with Gasteiger partial charge in [-0.15, -0.1) is 0 Å². The fourth-order valence-electron chi connectivity index (χ4n) is 0.853. The molecular weight excluding hydrogens is 307 g/mol. The van der Waals surface area contributed by atoms with Crippen molar-refractivity contribution < 1.29 is 9.18 Å². The molecule has 0 heterocycles. The number of halogens is 3. The van der Waals surface area contributed by atoms with E-state index in [0.29, 0.717) is 3.57 Å². The highest BCUT2D eigenvalue weighted by atomic mass is 127. The van der Waals surface area contributed by atoms with Crippen molar-refractivity contribution in [3.63, 3.8) is 0 Å². The van der Waals surface area contributed by atoms with Crippen LogP contribution in [-0.2, 0) is 0 Å². The second-order valence-corrected chi connectivity index (χ2v) is 3.67. The van der Waals surface area contributed by atoms with Crippen LogP contribution in [0.1, 0.15) is 15.9 Å². The van der Waals surface area contributed by atoms with E-state index in [1.807, 2.05) is 22.6 Å². The van der Waals surface area contributed by atoms with Gasteiger partial charge in [0.05, 0.1) is 11.1 Å². The molecule has 13 heavy (non-hydrogen) atoms. The molecule has 0 saturated heterocycles. The maximum absolute atomic E-state index is 13.0. The predicted octanol–water partition coefficient (Wildman–Crippen LogP) is 2.68. The van der Waals surface area contributed by atoms with Gasteiger partial charge in [0.15, 0.2) is 0 Å². The number of rotatable bonds is 1. The first-order valence-corrected chi connectivity index (χ1v) is 4.61. The maximum atomic E-state index is 13.0. The number of carbonyl (C=O) groups is 1. The SMILES string of the molecule is N#Cc1c(I)ccc(F)c1C(=O)Cl. The Morgan fingerprint density at radius 2 is 2.23 bits per heavy atom. The molecule has 0 aliphatic rings. The van der Waals surface area contributed by atoms with Crippen molar-refractivity contribution in [2.45, 2.75) is 0 Å². The average Bonchev–Trinajstić information content (AvgIpc) is 2.07. The van der Waals surface area contributed by atoms with Crippen molar-refractivity contribution >= 4 is 39.4 Å². The fraction of sp³-hybridized carbons (Fsp3) is 0. The highest BCUT2D eigenvalue weighted by Crippen LogP contribution is 2.20. The summed E-state index contributed by atoms with van der Waals surface area (Å²) in [4.78, 5) is 10.8. The zero-order valence-corrected chi connectivity index (χ0v) is 9.06.